The van der Waals surface area contributed by atoms with Gasteiger partial charge >= 0.3 is 0 Å². The lowest BCUT2D eigenvalue weighted by molar-refractivity contribution is -0.0223. The lowest BCUT2D eigenvalue weighted by Gasteiger charge is -2.33. The average molecular weight is 573 g/mol. The first-order chi connectivity index (χ1) is 17.6. The Hall–Kier alpha value is -3.39. The summed E-state index contributed by atoms with van der Waals surface area (Å²) in [5, 5.41) is 2.89. The molecule has 10 nitrogen and oxygen atoms in total. The lowest BCUT2D eigenvalue weighted by Crippen LogP contribution is -2.42. The highest BCUT2D eigenvalue weighted by Gasteiger charge is 2.35. The number of pyridine rings is 1. The Kier molecular flexibility index (Phi) is 7.32. The molecule has 1 amide bonds. The van der Waals surface area contributed by atoms with E-state index < -0.39 is 52.1 Å². The molecule has 0 unspecified atom stereocenters. The van der Waals surface area contributed by atoms with Crippen molar-refractivity contribution in [2.45, 2.75) is 31.7 Å². The van der Waals surface area contributed by atoms with Gasteiger partial charge in [0.25, 0.3) is 17.4 Å². The Balaban J connectivity index is 1.77. The Morgan fingerprint density at radius 3 is 2.47 bits per heavy atom. The second kappa shape index (κ2) is 10.1. The molecule has 3 heterocycles. The third-order valence-corrected chi connectivity index (χ3v) is 6.89. The highest BCUT2D eigenvalue weighted by Crippen LogP contribution is 2.32. The number of halogens is 4. The fraction of sp³-hybridized carbons (Fsp3) is 0.391. The molecule has 2 N–H and O–H groups in total. The first-order valence-corrected chi connectivity index (χ1v) is 13.7. The highest BCUT2D eigenvalue weighted by molar-refractivity contribution is 7.89. The Bertz CT molecular complexity index is 1590. The SMILES string of the molecule is C[C@@H](Nc1ccc(Cl)nc1C(=O)NS(C)(=O)=O)c1cc(F)cc2c(=O)n(C)c(N3CCC(F)(F)CC3)nc12. The molecule has 0 radical (unpaired) electrons. The summed E-state index contributed by atoms with van der Waals surface area (Å²) in [5.74, 6) is -4.38. The lowest BCUT2D eigenvalue weighted by atomic mass is 10.0. The quantitative estimate of drug-likeness (QED) is 0.431. The summed E-state index contributed by atoms with van der Waals surface area (Å²) in [6.07, 6.45) is 0.0192. The van der Waals surface area contributed by atoms with Gasteiger partial charge in [0.15, 0.2) is 5.69 Å². The molecule has 38 heavy (non-hydrogen) atoms. The summed E-state index contributed by atoms with van der Waals surface area (Å²) >= 11 is 5.91. The molecule has 1 fully saturated rings. The number of anilines is 2. The van der Waals surface area contributed by atoms with Crippen molar-refractivity contribution in [1.82, 2.24) is 19.3 Å². The van der Waals surface area contributed by atoms with E-state index in [0.717, 1.165) is 12.3 Å². The summed E-state index contributed by atoms with van der Waals surface area (Å²) in [6.45, 7) is 1.58. The van der Waals surface area contributed by atoms with Crippen LogP contribution in [0.4, 0.5) is 24.8 Å². The Morgan fingerprint density at radius 2 is 1.84 bits per heavy atom. The topological polar surface area (TPSA) is 126 Å². The number of amides is 1. The van der Waals surface area contributed by atoms with E-state index in [2.05, 4.69) is 15.3 Å². The van der Waals surface area contributed by atoms with Crippen LogP contribution in [0.25, 0.3) is 10.9 Å². The van der Waals surface area contributed by atoms with Crippen LogP contribution < -0.4 is 20.5 Å². The third-order valence-electron chi connectivity index (χ3n) is 6.12. The van der Waals surface area contributed by atoms with Gasteiger partial charge in [-0.05, 0) is 31.2 Å². The van der Waals surface area contributed by atoms with Crippen molar-refractivity contribution in [2.75, 3.05) is 29.6 Å². The van der Waals surface area contributed by atoms with Crippen LogP contribution in [-0.2, 0) is 17.1 Å². The zero-order chi connectivity index (χ0) is 28.0. The number of benzene rings is 1. The van der Waals surface area contributed by atoms with Crippen LogP contribution in [0.5, 0.6) is 0 Å². The molecule has 2 aromatic heterocycles. The van der Waals surface area contributed by atoms with E-state index in [0.29, 0.717) is 0 Å². The number of hydrogen-bond donors (Lipinski definition) is 2. The largest absolute Gasteiger partial charge is 0.377 e. The third kappa shape index (κ3) is 5.85. The van der Waals surface area contributed by atoms with Crippen molar-refractivity contribution in [3.05, 3.63) is 56.8 Å². The Morgan fingerprint density at radius 1 is 1.18 bits per heavy atom. The molecule has 4 rings (SSSR count). The minimum atomic E-state index is -3.91. The standard InChI is InChI=1S/C23H24ClF3N6O4S/c1-12(28-16-4-5-17(24)29-19(16)20(34)31-38(3,36)37)14-10-13(25)11-15-18(14)30-22(32(2)21(15)35)33-8-6-23(26,27)7-9-33/h4-5,10-12,28H,6-9H2,1-3H3,(H,31,34)/t12-/m1/s1. The predicted molar refractivity (Wildman–Crippen MR) is 137 cm³/mol. The zero-order valence-electron chi connectivity index (χ0n) is 20.6. The number of alkyl halides is 2. The van der Waals surface area contributed by atoms with E-state index in [1.54, 1.807) is 11.8 Å². The van der Waals surface area contributed by atoms with E-state index in [-0.39, 0.29) is 52.0 Å². The number of sulfonamides is 1. The van der Waals surface area contributed by atoms with Crippen molar-refractivity contribution in [3.63, 3.8) is 0 Å². The Labute approximate surface area is 220 Å². The number of piperidine rings is 1. The normalized spacial score (nSPS) is 16.3. The average Bonchev–Trinajstić information content (AvgIpc) is 2.81. The number of aromatic nitrogens is 3. The smallest absolute Gasteiger partial charge is 0.285 e. The fourth-order valence-electron chi connectivity index (χ4n) is 4.25. The maximum absolute atomic E-state index is 14.6. The summed E-state index contributed by atoms with van der Waals surface area (Å²) < 4.78 is 68.2. The minimum absolute atomic E-state index is 0.0155. The molecule has 3 aromatic rings. The molecule has 0 aliphatic carbocycles. The van der Waals surface area contributed by atoms with Crippen LogP contribution >= 0.6 is 11.6 Å². The van der Waals surface area contributed by atoms with Gasteiger partial charge in [0, 0.05) is 38.5 Å². The minimum Gasteiger partial charge on any atom is -0.377 e. The highest BCUT2D eigenvalue weighted by atomic mass is 35.5. The van der Waals surface area contributed by atoms with Crippen molar-refractivity contribution in [2.24, 2.45) is 7.05 Å². The first kappa shape index (κ1) is 27.6. The van der Waals surface area contributed by atoms with Crippen molar-refractivity contribution >= 4 is 50.1 Å². The molecule has 1 saturated heterocycles. The molecule has 1 aromatic carbocycles. The van der Waals surface area contributed by atoms with Gasteiger partial charge in [-0.15, -0.1) is 0 Å². The summed E-state index contributed by atoms with van der Waals surface area (Å²) in [4.78, 5) is 35.8. The molecular weight excluding hydrogens is 549 g/mol. The van der Waals surface area contributed by atoms with E-state index in [1.807, 2.05) is 4.72 Å². The monoisotopic (exact) mass is 572 g/mol. The number of carbonyl (C=O) groups is 1. The maximum atomic E-state index is 14.6. The van der Waals surface area contributed by atoms with Gasteiger partial charge in [-0.25, -0.2) is 36.3 Å². The molecule has 1 atom stereocenters. The van der Waals surface area contributed by atoms with Crippen LogP contribution in [0.15, 0.2) is 29.1 Å². The summed E-state index contributed by atoms with van der Waals surface area (Å²) in [7, 11) is -2.47. The second-order valence-corrected chi connectivity index (χ2v) is 11.2. The van der Waals surface area contributed by atoms with E-state index in [9.17, 15) is 31.2 Å². The second-order valence-electron chi connectivity index (χ2n) is 9.11. The van der Waals surface area contributed by atoms with Crippen LogP contribution in [0.1, 0.15) is 41.9 Å². The molecule has 0 saturated carbocycles. The number of nitrogens with one attached hydrogen (secondary N) is 2. The van der Waals surface area contributed by atoms with Crippen molar-refractivity contribution < 1.29 is 26.4 Å². The van der Waals surface area contributed by atoms with Crippen molar-refractivity contribution in [1.29, 1.82) is 0 Å². The van der Waals surface area contributed by atoms with Gasteiger partial charge in [-0.2, -0.15) is 0 Å². The van der Waals surface area contributed by atoms with Crippen LogP contribution in [0, 0.1) is 5.82 Å². The van der Waals surface area contributed by atoms with Gasteiger partial charge < -0.3 is 10.2 Å². The van der Waals surface area contributed by atoms with Crippen LogP contribution in [0.2, 0.25) is 5.15 Å². The number of nitrogens with zero attached hydrogens (tertiary/aromatic N) is 4. The van der Waals surface area contributed by atoms with Gasteiger partial charge in [0.1, 0.15) is 11.0 Å². The molecule has 204 valence electrons. The predicted octanol–water partition coefficient (Wildman–Crippen LogP) is 3.22. The summed E-state index contributed by atoms with van der Waals surface area (Å²) in [5.41, 5.74) is -0.412. The van der Waals surface area contributed by atoms with E-state index >= 15 is 0 Å². The van der Waals surface area contributed by atoms with Gasteiger partial charge in [-0.1, -0.05) is 11.6 Å². The van der Waals surface area contributed by atoms with E-state index in [4.69, 9.17) is 11.6 Å². The van der Waals surface area contributed by atoms with Gasteiger partial charge in [-0.3, -0.25) is 14.2 Å². The number of carbonyl (C=O) groups excluding carboxylic acids is 1. The first-order valence-electron chi connectivity index (χ1n) is 11.4. The molecular formula is C23H24ClF3N6O4S. The van der Waals surface area contributed by atoms with Crippen molar-refractivity contribution in [3.8, 4) is 0 Å². The molecule has 1 aliphatic heterocycles. The molecule has 0 spiro atoms. The van der Waals surface area contributed by atoms with Gasteiger partial charge in [0.05, 0.1) is 28.9 Å². The number of hydrogen-bond acceptors (Lipinski definition) is 8. The number of fused-ring (bicyclic) bond motifs is 1. The number of rotatable bonds is 6. The van der Waals surface area contributed by atoms with Crippen LogP contribution in [-0.4, -0.2) is 54.1 Å². The zero-order valence-corrected chi connectivity index (χ0v) is 22.1. The molecule has 0 bridgehead atoms. The molecule has 15 heteroatoms. The van der Waals surface area contributed by atoms with E-state index in [1.165, 1.54) is 29.8 Å². The molecule has 1 aliphatic rings. The maximum Gasteiger partial charge on any atom is 0.285 e. The fourth-order valence-corrected chi connectivity index (χ4v) is 4.83. The van der Waals surface area contributed by atoms with Gasteiger partial charge in [0.2, 0.25) is 16.0 Å². The van der Waals surface area contributed by atoms with Crippen LogP contribution in [0.3, 0.4) is 0 Å². The summed E-state index contributed by atoms with van der Waals surface area (Å²) in [6, 6.07) is 4.20.